The van der Waals surface area contributed by atoms with Gasteiger partial charge in [0, 0.05) is 59.0 Å². The molecule has 4 rings (SSSR count). The van der Waals surface area contributed by atoms with Gasteiger partial charge in [0.15, 0.2) is 0 Å². The van der Waals surface area contributed by atoms with Gasteiger partial charge < -0.3 is 21.3 Å². The van der Waals surface area contributed by atoms with Crippen LogP contribution >= 0.6 is 0 Å². The molecule has 0 radical (unpaired) electrons. The van der Waals surface area contributed by atoms with E-state index < -0.39 is 0 Å². The zero-order chi connectivity index (χ0) is 22.8. The zero-order valence-corrected chi connectivity index (χ0v) is 19.5. The Morgan fingerprint density at radius 3 is 2.84 bits per heavy atom. The lowest BCUT2D eigenvalue weighted by molar-refractivity contribution is 0.572. The van der Waals surface area contributed by atoms with Crippen LogP contribution in [0.4, 0.5) is 17.1 Å². The summed E-state index contributed by atoms with van der Waals surface area (Å²) in [5.41, 5.74) is 14.2. The van der Waals surface area contributed by atoms with Crippen LogP contribution in [-0.2, 0) is 0 Å². The lowest BCUT2D eigenvalue weighted by Gasteiger charge is -2.31. The highest BCUT2D eigenvalue weighted by Crippen LogP contribution is 2.44. The Kier molecular flexibility index (Phi) is 6.26. The minimum atomic E-state index is 0.0113. The molecular formula is C27H35N5. The van der Waals surface area contributed by atoms with Gasteiger partial charge in [0.2, 0.25) is 0 Å². The van der Waals surface area contributed by atoms with Gasteiger partial charge in [-0.1, -0.05) is 51.1 Å². The molecule has 2 aromatic carbocycles. The van der Waals surface area contributed by atoms with Crippen molar-refractivity contribution in [2.45, 2.75) is 45.6 Å². The molecule has 0 aliphatic carbocycles. The average molecular weight is 430 g/mol. The average Bonchev–Trinajstić information content (AvgIpc) is 3.20. The Bertz CT molecular complexity index is 1070. The number of benzene rings is 2. The summed E-state index contributed by atoms with van der Waals surface area (Å²) < 4.78 is 0. The summed E-state index contributed by atoms with van der Waals surface area (Å²) in [4.78, 5) is 7.53. The molecular weight excluding hydrogens is 394 g/mol. The third kappa shape index (κ3) is 3.99. The largest absolute Gasteiger partial charge is 0.399 e. The van der Waals surface area contributed by atoms with E-state index in [9.17, 15) is 0 Å². The first kappa shape index (κ1) is 22.0. The van der Waals surface area contributed by atoms with E-state index in [0.717, 1.165) is 58.1 Å². The van der Waals surface area contributed by atoms with E-state index in [-0.39, 0.29) is 6.04 Å². The van der Waals surface area contributed by atoms with Crippen molar-refractivity contribution in [2.75, 3.05) is 24.6 Å². The van der Waals surface area contributed by atoms with Crippen molar-refractivity contribution in [3.63, 3.8) is 0 Å². The van der Waals surface area contributed by atoms with Crippen LogP contribution in [0.2, 0.25) is 0 Å². The lowest BCUT2D eigenvalue weighted by atomic mass is 9.95. The zero-order valence-electron chi connectivity index (χ0n) is 19.5. The molecule has 5 nitrogen and oxygen atoms in total. The number of unbranched alkanes of at least 4 members (excludes halogenated alkanes) is 1. The van der Waals surface area contributed by atoms with Crippen molar-refractivity contribution in [3.05, 3.63) is 66.2 Å². The SMILES string of the molecule is C=C(NC)c1ccccc1NC(C)c1cc(N)cc2c1N=C1C(CCCC)CCN1C2=C. The van der Waals surface area contributed by atoms with E-state index in [1.165, 1.54) is 25.1 Å². The highest BCUT2D eigenvalue weighted by Gasteiger charge is 2.35. The van der Waals surface area contributed by atoms with E-state index in [2.05, 4.69) is 60.7 Å². The minimum absolute atomic E-state index is 0.0113. The van der Waals surface area contributed by atoms with Gasteiger partial charge in [0.1, 0.15) is 5.84 Å². The molecule has 1 fully saturated rings. The molecule has 2 aromatic rings. The van der Waals surface area contributed by atoms with Gasteiger partial charge in [0.05, 0.1) is 11.7 Å². The molecule has 0 spiro atoms. The smallest absolute Gasteiger partial charge is 0.112 e. The molecule has 0 bridgehead atoms. The first-order valence-electron chi connectivity index (χ1n) is 11.7. The maximum atomic E-state index is 6.35. The molecule has 2 heterocycles. The number of nitrogens with two attached hydrogens (primary N) is 1. The fourth-order valence-electron chi connectivity index (χ4n) is 4.83. The van der Waals surface area contributed by atoms with Crippen LogP contribution in [0.15, 0.2) is 54.5 Å². The summed E-state index contributed by atoms with van der Waals surface area (Å²) in [7, 11) is 1.89. The number of nitrogens with zero attached hydrogens (tertiary/aromatic N) is 2. The maximum absolute atomic E-state index is 6.35. The highest BCUT2D eigenvalue weighted by atomic mass is 15.2. The van der Waals surface area contributed by atoms with Crippen molar-refractivity contribution in [2.24, 2.45) is 10.9 Å². The quantitative estimate of drug-likeness (QED) is 0.440. The van der Waals surface area contributed by atoms with Crippen molar-refractivity contribution >= 4 is 34.3 Å². The number of rotatable bonds is 8. The summed E-state index contributed by atoms with van der Waals surface area (Å²) in [6.45, 7) is 14.0. The van der Waals surface area contributed by atoms with Crippen LogP contribution in [0.3, 0.4) is 0 Å². The topological polar surface area (TPSA) is 65.7 Å². The highest BCUT2D eigenvalue weighted by molar-refractivity contribution is 6.01. The summed E-state index contributed by atoms with van der Waals surface area (Å²) in [5.74, 6) is 1.69. The molecule has 2 unspecified atom stereocenters. The molecule has 32 heavy (non-hydrogen) atoms. The number of hydrogen-bond acceptors (Lipinski definition) is 5. The minimum Gasteiger partial charge on any atom is -0.399 e. The lowest BCUT2D eigenvalue weighted by Crippen LogP contribution is -2.29. The Morgan fingerprint density at radius 1 is 1.31 bits per heavy atom. The normalized spacial score (nSPS) is 18.0. The van der Waals surface area contributed by atoms with Crippen LogP contribution in [-0.4, -0.2) is 24.3 Å². The molecule has 2 atom stereocenters. The van der Waals surface area contributed by atoms with E-state index >= 15 is 0 Å². The molecule has 0 aromatic heterocycles. The maximum Gasteiger partial charge on any atom is 0.112 e. The van der Waals surface area contributed by atoms with Crippen LogP contribution in [0, 0.1) is 5.92 Å². The number of fused-ring (bicyclic) bond motifs is 2. The predicted molar refractivity (Wildman–Crippen MR) is 138 cm³/mol. The third-order valence-electron chi connectivity index (χ3n) is 6.67. The molecule has 2 aliphatic rings. The molecule has 0 saturated carbocycles. The second-order valence-electron chi connectivity index (χ2n) is 8.84. The predicted octanol–water partition coefficient (Wildman–Crippen LogP) is 6.16. The van der Waals surface area contributed by atoms with Crippen molar-refractivity contribution < 1.29 is 0 Å². The van der Waals surface area contributed by atoms with Crippen LogP contribution < -0.4 is 16.4 Å². The number of nitrogens with one attached hydrogen (secondary N) is 2. The number of nitrogen functional groups attached to an aromatic ring is 1. The van der Waals surface area contributed by atoms with Crippen molar-refractivity contribution in [1.82, 2.24) is 10.2 Å². The number of para-hydroxylation sites is 1. The molecule has 4 N–H and O–H groups in total. The standard InChI is InChI=1S/C27H35N5/c1-6-7-10-20-13-14-32-19(4)24-16-21(28)15-23(26(24)31-27(20)32)18(3)30-25-12-9-8-11-22(25)17(2)29-5/h8-9,11-12,15-16,18,20,29-30H,2,4,6-7,10,13-14,28H2,1,3,5H3. The van der Waals surface area contributed by atoms with E-state index in [4.69, 9.17) is 10.7 Å². The number of amidine groups is 1. The van der Waals surface area contributed by atoms with Gasteiger partial charge in [-0.05, 0) is 38.0 Å². The monoisotopic (exact) mass is 429 g/mol. The summed E-state index contributed by atoms with van der Waals surface area (Å²) in [6.07, 6.45) is 4.77. The van der Waals surface area contributed by atoms with Crippen LogP contribution in [0.25, 0.3) is 11.4 Å². The summed E-state index contributed by atoms with van der Waals surface area (Å²) in [6, 6.07) is 12.3. The number of hydrogen-bond donors (Lipinski definition) is 3. The van der Waals surface area contributed by atoms with Crippen molar-refractivity contribution in [3.8, 4) is 0 Å². The fourth-order valence-corrected chi connectivity index (χ4v) is 4.83. The Labute approximate surface area is 192 Å². The third-order valence-corrected chi connectivity index (χ3v) is 6.67. The number of aliphatic imine (C=N–C) groups is 1. The van der Waals surface area contributed by atoms with Crippen molar-refractivity contribution in [1.29, 1.82) is 0 Å². The second-order valence-corrected chi connectivity index (χ2v) is 8.84. The second kappa shape index (κ2) is 9.11. The Morgan fingerprint density at radius 2 is 2.09 bits per heavy atom. The first-order chi connectivity index (χ1) is 15.4. The van der Waals surface area contributed by atoms with E-state index in [0.29, 0.717) is 5.92 Å². The first-order valence-corrected chi connectivity index (χ1v) is 11.7. The van der Waals surface area contributed by atoms with Gasteiger partial charge in [-0.2, -0.15) is 0 Å². The van der Waals surface area contributed by atoms with Gasteiger partial charge >= 0.3 is 0 Å². The van der Waals surface area contributed by atoms with Gasteiger partial charge in [0.25, 0.3) is 0 Å². The van der Waals surface area contributed by atoms with E-state index in [1.807, 2.05) is 25.2 Å². The Balaban J connectivity index is 1.72. The Hall–Kier alpha value is -3.21. The number of anilines is 2. The van der Waals surface area contributed by atoms with Gasteiger partial charge in [-0.3, -0.25) is 0 Å². The van der Waals surface area contributed by atoms with Gasteiger partial charge in [-0.25, -0.2) is 4.99 Å². The summed E-state index contributed by atoms with van der Waals surface area (Å²) in [5, 5.41) is 6.82. The van der Waals surface area contributed by atoms with Crippen LogP contribution in [0.5, 0.6) is 0 Å². The molecule has 5 heteroatoms. The molecule has 0 amide bonds. The van der Waals surface area contributed by atoms with Gasteiger partial charge in [-0.15, -0.1) is 0 Å². The molecule has 2 aliphatic heterocycles. The van der Waals surface area contributed by atoms with E-state index in [1.54, 1.807) is 0 Å². The molecule has 1 saturated heterocycles. The van der Waals surface area contributed by atoms with Crippen LogP contribution in [0.1, 0.15) is 62.3 Å². The fraction of sp³-hybridized carbons (Fsp3) is 0.370. The summed E-state index contributed by atoms with van der Waals surface area (Å²) >= 11 is 0. The molecule has 168 valence electrons.